The molecule has 0 bridgehead atoms. The molecule has 0 aromatic carbocycles. The lowest BCUT2D eigenvalue weighted by Crippen LogP contribution is -2.51. The summed E-state index contributed by atoms with van der Waals surface area (Å²) in [6.07, 6.45) is 6.12. The van der Waals surface area contributed by atoms with Crippen LogP contribution in [0.3, 0.4) is 0 Å². The Balaban J connectivity index is 1.75. The SMILES string of the molecule is Cn1cnc(S(=O)(=O)N2CC(n3nccn3)C2)c1. The van der Waals surface area contributed by atoms with Gasteiger partial charge in [-0.25, -0.2) is 13.4 Å². The Morgan fingerprint density at radius 2 is 1.94 bits per heavy atom. The Morgan fingerprint density at radius 1 is 1.28 bits per heavy atom. The number of sulfonamides is 1. The molecule has 0 N–H and O–H groups in total. The van der Waals surface area contributed by atoms with Crippen molar-refractivity contribution in [3.05, 3.63) is 24.9 Å². The number of imidazole rings is 1. The fourth-order valence-corrected chi connectivity index (χ4v) is 3.31. The van der Waals surface area contributed by atoms with Gasteiger partial charge in [-0.3, -0.25) is 0 Å². The molecular weight excluding hydrogens is 256 g/mol. The van der Waals surface area contributed by atoms with Crippen LogP contribution in [-0.2, 0) is 17.1 Å². The van der Waals surface area contributed by atoms with Gasteiger partial charge in [0.15, 0.2) is 5.03 Å². The summed E-state index contributed by atoms with van der Waals surface area (Å²) >= 11 is 0. The molecule has 0 saturated carbocycles. The van der Waals surface area contributed by atoms with Crippen molar-refractivity contribution >= 4 is 10.0 Å². The van der Waals surface area contributed by atoms with Crippen LogP contribution in [0.4, 0.5) is 0 Å². The van der Waals surface area contributed by atoms with E-state index >= 15 is 0 Å². The molecular formula is C9H12N6O2S. The van der Waals surface area contributed by atoms with Crippen molar-refractivity contribution in [2.24, 2.45) is 7.05 Å². The highest BCUT2D eigenvalue weighted by Crippen LogP contribution is 2.26. The van der Waals surface area contributed by atoms with E-state index in [1.165, 1.54) is 21.6 Å². The third-order valence-corrected chi connectivity index (χ3v) is 4.59. The lowest BCUT2D eigenvalue weighted by atomic mass is 10.2. The van der Waals surface area contributed by atoms with Gasteiger partial charge in [0.2, 0.25) is 0 Å². The Hall–Kier alpha value is -1.74. The second-order valence-electron chi connectivity index (χ2n) is 4.20. The Kier molecular flexibility index (Phi) is 2.45. The lowest BCUT2D eigenvalue weighted by Gasteiger charge is -2.36. The maximum Gasteiger partial charge on any atom is 0.262 e. The van der Waals surface area contributed by atoms with Crippen molar-refractivity contribution in [2.75, 3.05) is 13.1 Å². The van der Waals surface area contributed by atoms with E-state index in [-0.39, 0.29) is 11.1 Å². The van der Waals surface area contributed by atoms with Gasteiger partial charge in [0.05, 0.1) is 24.8 Å². The van der Waals surface area contributed by atoms with Crippen molar-refractivity contribution < 1.29 is 8.42 Å². The van der Waals surface area contributed by atoms with Gasteiger partial charge < -0.3 is 4.57 Å². The molecule has 0 unspecified atom stereocenters. The first-order valence-corrected chi connectivity index (χ1v) is 6.85. The van der Waals surface area contributed by atoms with Crippen LogP contribution in [0.5, 0.6) is 0 Å². The minimum Gasteiger partial charge on any atom is -0.339 e. The summed E-state index contributed by atoms with van der Waals surface area (Å²) in [5, 5.41) is 8.07. The highest BCUT2D eigenvalue weighted by Gasteiger charge is 2.39. The van der Waals surface area contributed by atoms with Crippen molar-refractivity contribution in [2.45, 2.75) is 11.1 Å². The van der Waals surface area contributed by atoms with E-state index in [4.69, 9.17) is 0 Å². The molecule has 0 radical (unpaired) electrons. The van der Waals surface area contributed by atoms with Crippen LogP contribution in [0.15, 0.2) is 29.9 Å². The van der Waals surface area contributed by atoms with Gasteiger partial charge in [0, 0.05) is 26.3 Å². The number of aryl methyl sites for hydroxylation is 1. The molecule has 0 amide bonds. The average Bonchev–Trinajstić information content (AvgIpc) is 2.86. The van der Waals surface area contributed by atoms with E-state index in [0.717, 1.165) is 0 Å². The molecule has 1 aliphatic heterocycles. The number of nitrogens with zero attached hydrogens (tertiary/aromatic N) is 6. The summed E-state index contributed by atoms with van der Waals surface area (Å²) in [4.78, 5) is 5.41. The average molecular weight is 268 g/mol. The van der Waals surface area contributed by atoms with E-state index < -0.39 is 10.0 Å². The third kappa shape index (κ3) is 1.71. The van der Waals surface area contributed by atoms with E-state index in [1.54, 1.807) is 24.0 Å². The van der Waals surface area contributed by atoms with Gasteiger partial charge >= 0.3 is 0 Å². The topological polar surface area (TPSA) is 85.9 Å². The molecule has 18 heavy (non-hydrogen) atoms. The maximum atomic E-state index is 12.1. The summed E-state index contributed by atoms with van der Waals surface area (Å²) in [5.41, 5.74) is 0. The van der Waals surface area contributed by atoms with Gasteiger partial charge in [-0.1, -0.05) is 0 Å². The summed E-state index contributed by atoms with van der Waals surface area (Å²) in [6.45, 7) is 0.765. The van der Waals surface area contributed by atoms with E-state index in [9.17, 15) is 8.42 Å². The minimum atomic E-state index is -3.47. The van der Waals surface area contributed by atoms with Crippen LogP contribution >= 0.6 is 0 Å². The maximum absolute atomic E-state index is 12.1. The van der Waals surface area contributed by atoms with E-state index in [1.807, 2.05) is 0 Å². The minimum absolute atomic E-state index is 0.0125. The quantitative estimate of drug-likeness (QED) is 0.731. The number of hydrogen-bond donors (Lipinski definition) is 0. The van der Waals surface area contributed by atoms with Crippen molar-refractivity contribution in [1.82, 2.24) is 28.9 Å². The van der Waals surface area contributed by atoms with Gasteiger partial charge in [-0.05, 0) is 0 Å². The number of rotatable bonds is 3. The molecule has 2 aromatic rings. The standard InChI is InChI=1S/C9H12N6O2S/c1-13-6-9(10-7-13)18(16,17)14-4-8(5-14)15-11-2-3-12-15/h2-3,6-8H,4-5H2,1H3. The molecule has 3 heterocycles. The normalized spacial score (nSPS) is 17.8. The van der Waals surface area contributed by atoms with Gasteiger partial charge in [0.1, 0.15) is 0 Å². The van der Waals surface area contributed by atoms with Crippen LogP contribution in [0.2, 0.25) is 0 Å². The smallest absolute Gasteiger partial charge is 0.262 e. The predicted molar refractivity (Wildman–Crippen MR) is 61.0 cm³/mol. The van der Waals surface area contributed by atoms with Gasteiger partial charge in [-0.15, -0.1) is 0 Å². The van der Waals surface area contributed by atoms with Crippen LogP contribution in [0.25, 0.3) is 0 Å². The second-order valence-corrected chi connectivity index (χ2v) is 6.09. The fourth-order valence-electron chi connectivity index (χ4n) is 1.83. The molecule has 0 spiro atoms. The van der Waals surface area contributed by atoms with Gasteiger partial charge in [0.25, 0.3) is 10.0 Å². The summed E-state index contributed by atoms with van der Waals surface area (Å²) in [6, 6.07) is 0.0125. The number of aromatic nitrogens is 5. The van der Waals surface area contributed by atoms with Crippen LogP contribution in [0, 0.1) is 0 Å². The molecule has 1 aliphatic rings. The Bertz CT molecular complexity index is 640. The Labute approximate surface area is 104 Å². The largest absolute Gasteiger partial charge is 0.339 e. The van der Waals surface area contributed by atoms with E-state index in [2.05, 4.69) is 15.2 Å². The van der Waals surface area contributed by atoms with Crippen molar-refractivity contribution in [1.29, 1.82) is 0 Å². The second kappa shape index (κ2) is 3.89. The van der Waals surface area contributed by atoms with Crippen molar-refractivity contribution in [3.8, 4) is 0 Å². The molecule has 0 atom stereocenters. The molecule has 0 aliphatic carbocycles. The molecule has 96 valence electrons. The lowest BCUT2D eigenvalue weighted by molar-refractivity contribution is 0.175. The number of hydrogen-bond acceptors (Lipinski definition) is 5. The molecule has 2 aromatic heterocycles. The fraction of sp³-hybridized carbons (Fsp3) is 0.444. The zero-order valence-corrected chi connectivity index (χ0v) is 10.5. The van der Waals surface area contributed by atoms with Gasteiger partial charge in [-0.2, -0.15) is 19.3 Å². The zero-order valence-electron chi connectivity index (χ0n) is 9.71. The first-order valence-electron chi connectivity index (χ1n) is 5.41. The highest BCUT2D eigenvalue weighted by atomic mass is 32.2. The summed E-state index contributed by atoms with van der Waals surface area (Å²) in [5.74, 6) is 0. The molecule has 3 rings (SSSR count). The van der Waals surface area contributed by atoms with Crippen molar-refractivity contribution in [3.63, 3.8) is 0 Å². The van der Waals surface area contributed by atoms with E-state index in [0.29, 0.717) is 13.1 Å². The van der Waals surface area contributed by atoms with Crippen LogP contribution in [-0.4, -0.2) is 50.4 Å². The first kappa shape index (κ1) is 11.4. The molecule has 1 saturated heterocycles. The first-order chi connectivity index (χ1) is 8.57. The monoisotopic (exact) mass is 268 g/mol. The molecule has 9 heteroatoms. The highest BCUT2D eigenvalue weighted by molar-refractivity contribution is 7.89. The third-order valence-electron chi connectivity index (χ3n) is 2.88. The molecule has 1 fully saturated rings. The summed E-state index contributed by atoms with van der Waals surface area (Å²) in [7, 11) is -1.74. The summed E-state index contributed by atoms with van der Waals surface area (Å²) < 4.78 is 27.3. The predicted octanol–water partition coefficient (Wildman–Crippen LogP) is -0.743. The Morgan fingerprint density at radius 3 is 2.50 bits per heavy atom. The van der Waals surface area contributed by atoms with Crippen LogP contribution in [0.1, 0.15) is 6.04 Å². The van der Waals surface area contributed by atoms with Crippen LogP contribution < -0.4 is 0 Å². The zero-order chi connectivity index (χ0) is 12.8. The molecule has 8 nitrogen and oxygen atoms in total.